The lowest BCUT2D eigenvalue weighted by atomic mass is 10.1. The molecular weight excluding hydrogens is 921 g/mol. The van der Waals surface area contributed by atoms with E-state index >= 15 is 0 Å². The third kappa shape index (κ3) is 21.2. The Morgan fingerprint density at radius 1 is 0.625 bits per heavy atom. The van der Waals surface area contributed by atoms with Crippen LogP contribution < -0.4 is 22.0 Å². The fraction of sp³-hybridized carbons (Fsp3) is 0.345. The highest BCUT2D eigenvalue weighted by molar-refractivity contribution is 5.98. The first-order chi connectivity index (χ1) is 33.9. The number of nitrogens with one attached hydrogen (secondary N) is 3. The third-order valence-electron chi connectivity index (χ3n) is 10.8. The van der Waals surface area contributed by atoms with Gasteiger partial charge in [-0.3, -0.25) is 29.4 Å². The average Bonchev–Trinajstić information content (AvgIpc) is 3.39. The lowest BCUT2D eigenvalue weighted by Crippen LogP contribution is -2.51. The molecule has 72 heavy (non-hydrogen) atoms. The molecule has 17 heteroatoms. The Kier molecular flexibility index (Phi) is 28.5. The van der Waals surface area contributed by atoms with Crippen LogP contribution in [0.25, 0.3) is 12.2 Å². The number of hydroxylamine groups is 1. The van der Waals surface area contributed by atoms with Gasteiger partial charge in [-0.15, -0.1) is 0 Å². The molecule has 4 aromatic rings. The fourth-order valence-electron chi connectivity index (χ4n) is 6.87. The molecule has 0 aliphatic carbocycles. The van der Waals surface area contributed by atoms with E-state index in [-0.39, 0.29) is 14.9 Å². The number of nitrogens with zero attached hydrogens (tertiary/aromatic N) is 2. The van der Waals surface area contributed by atoms with Crippen molar-refractivity contribution in [3.05, 3.63) is 154 Å². The number of amides is 3. The van der Waals surface area contributed by atoms with Crippen LogP contribution in [-0.4, -0.2) is 138 Å². The standard InChI is InChI=1S/C27H30N2O5.C26H29N3O5.2CH4.H3NO/c1-20(30)25(27(32)33-2)28-26(31)24-13-11-22(12-14-24)6-4-3-5-21-7-9-23(10-8-21)19-29-15-17-34-18-16-29;1-19(30)24(26(32)28-33)27-25(31)23-12-10-21(11-13-23)5-3-2-4-20-6-8-22(9-7-20)18-29-14-16-34-17-15-29;;;1-2/h3,5,7-14,20,25,30H,15-19H2,1-2H3,(H,28,31);2,4,6-13,19,24,30,33H,14-18H2,1H3,(H,27,31)(H,28,32);2*1H4;2H,1H2/b5-3+;4-2+;;;/t20-,25+;19-,24+;;;/m11.../s1. The molecule has 17 nitrogen and oxygen atoms in total. The predicted octanol–water partition coefficient (Wildman–Crippen LogP) is 4.41. The molecule has 0 saturated carbocycles. The number of aliphatic hydroxyl groups excluding tert-OH is 2. The molecule has 2 aliphatic rings. The van der Waals surface area contributed by atoms with Crippen molar-refractivity contribution in [2.45, 2.75) is 66.1 Å². The van der Waals surface area contributed by atoms with E-state index in [0.29, 0.717) is 11.1 Å². The van der Waals surface area contributed by atoms with Crippen LogP contribution in [0.3, 0.4) is 0 Å². The molecule has 2 aliphatic heterocycles. The molecule has 4 aromatic carbocycles. The summed E-state index contributed by atoms with van der Waals surface area (Å²) in [7, 11) is 1.20. The van der Waals surface area contributed by atoms with E-state index in [0.717, 1.165) is 87.9 Å². The maximum Gasteiger partial charge on any atom is 0.331 e. The van der Waals surface area contributed by atoms with Crippen LogP contribution in [0.2, 0.25) is 0 Å². The maximum atomic E-state index is 12.4. The van der Waals surface area contributed by atoms with Crippen molar-refractivity contribution < 1.29 is 54.0 Å². The highest BCUT2D eigenvalue weighted by Gasteiger charge is 2.27. The summed E-state index contributed by atoms with van der Waals surface area (Å²) >= 11 is 0. The third-order valence-corrected chi connectivity index (χ3v) is 10.8. The van der Waals surface area contributed by atoms with Gasteiger partial charge in [-0.2, -0.15) is 0 Å². The van der Waals surface area contributed by atoms with Gasteiger partial charge in [-0.1, -0.05) is 87.1 Å². The molecule has 0 bridgehead atoms. The van der Waals surface area contributed by atoms with Crippen molar-refractivity contribution in [2.24, 2.45) is 5.90 Å². The van der Waals surface area contributed by atoms with Gasteiger partial charge in [0.05, 0.1) is 45.7 Å². The van der Waals surface area contributed by atoms with Gasteiger partial charge >= 0.3 is 5.97 Å². The largest absolute Gasteiger partial charge is 0.467 e. The first-order valence-electron chi connectivity index (χ1n) is 22.5. The van der Waals surface area contributed by atoms with Crippen molar-refractivity contribution in [2.75, 3.05) is 59.7 Å². The number of carbonyl (C=O) groups excluding carboxylic acids is 4. The Balaban J connectivity index is 0.000000465. The molecular formula is C55H70N6O11. The van der Waals surface area contributed by atoms with E-state index in [4.69, 9.17) is 19.9 Å². The van der Waals surface area contributed by atoms with Crippen LogP contribution in [0.1, 0.15) is 82.8 Å². The molecule has 2 saturated heterocycles. The predicted molar refractivity (Wildman–Crippen MR) is 277 cm³/mol. The topological polar surface area (TPSA) is 245 Å². The molecule has 2 fully saturated rings. The molecule has 0 aromatic heterocycles. The Hall–Kier alpha value is -7.00. The number of morpholine rings is 2. The first-order valence-corrected chi connectivity index (χ1v) is 22.5. The Morgan fingerprint density at radius 2 is 0.986 bits per heavy atom. The van der Waals surface area contributed by atoms with E-state index < -0.39 is 48.0 Å². The van der Waals surface area contributed by atoms with Gasteiger partial charge in [0.1, 0.15) is 6.04 Å². The average molecular weight is 991 g/mol. The SMILES string of the molecule is C.C.COC(=O)[C@@H](NC(=O)c1ccc(C#C/C=C/c2ccc(CN3CCOCC3)cc2)cc1)[C@@H](C)O.C[C@@H](O)[C@H](NC(=O)c1ccc(C#C/C=C/c2ccc(CN3CCOCC3)cc2)cc1)C(=O)NO.NO. The minimum atomic E-state index is -1.27. The van der Waals surface area contributed by atoms with Crippen molar-refractivity contribution in [1.82, 2.24) is 25.9 Å². The van der Waals surface area contributed by atoms with Crippen LogP contribution in [0.15, 0.2) is 109 Å². The molecule has 4 atom stereocenters. The lowest BCUT2D eigenvalue weighted by Gasteiger charge is -2.26. The van der Waals surface area contributed by atoms with E-state index in [1.54, 1.807) is 60.7 Å². The summed E-state index contributed by atoms with van der Waals surface area (Å²) in [6, 6.07) is 27.6. The van der Waals surface area contributed by atoms with E-state index in [2.05, 4.69) is 103 Å². The second-order valence-corrected chi connectivity index (χ2v) is 16.0. The quantitative estimate of drug-likeness (QED) is 0.0378. The highest BCUT2D eigenvalue weighted by Crippen LogP contribution is 2.13. The van der Waals surface area contributed by atoms with Gasteiger partial charge in [0, 0.05) is 61.5 Å². The number of esters is 1. The molecule has 386 valence electrons. The number of rotatable bonds is 14. The first kappa shape index (κ1) is 61.1. The fourth-order valence-corrected chi connectivity index (χ4v) is 6.87. The number of allylic oxidation sites excluding steroid dienone is 2. The number of nitrogens with two attached hydrogens (primary N) is 1. The summed E-state index contributed by atoms with van der Waals surface area (Å²) < 4.78 is 15.4. The minimum absolute atomic E-state index is 0. The lowest BCUT2D eigenvalue weighted by molar-refractivity contribution is -0.145. The summed E-state index contributed by atoms with van der Waals surface area (Å²) in [5.74, 6) is 12.9. The summed E-state index contributed by atoms with van der Waals surface area (Å²) in [6.45, 7) is 11.7. The second-order valence-electron chi connectivity index (χ2n) is 16.0. The number of ether oxygens (including phenoxy) is 3. The molecule has 9 N–H and O–H groups in total. The summed E-state index contributed by atoms with van der Waals surface area (Å²) in [5.41, 5.74) is 8.24. The highest BCUT2D eigenvalue weighted by atomic mass is 16.5. The normalized spacial score (nSPS) is 14.9. The monoisotopic (exact) mass is 991 g/mol. The van der Waals surface area contributed by atoms with E-state index in [1.807, 2.05) is 12.2 Å². The number of aliphatic hydroxyl groups is 2. The van der Waals surface area contributed by atoms with Crippen LogP contribution in [0.4, 0.5) is 0 Å². The van der Waals surface area contributed by atoms with Crippen LogP contribution >= 0.6 is 0 Å². The number of hydrogen-bond acceptors (Lipinski definition) is 14. The van der Waals surface area contributed by atoms with Crippen molar-refractivity contribution >= 4 is 35.8 Å². The number of hydrogen-bond donors (Lipinski definition) is 8. The van der Waals surface area contributed by atoms with Gasteiger partial charge in [0.25, 0.3) is 17.7 Å². The Bertz CT molecular complexity index is 2270. The Labute approximate surface area is 423 Å². The smallest absolute Gasteiger partial charge is 0.331 e. The summed E-state index contributed by atoms with van der Waals surface area (Å²) in [5, 5.41) is 39.4. The number of methoxy groups -OCH3 is 1. The van der Waals surface area contributed by atoms with Gasteiger partial charge in [-0.25, -0.2) is 16.2 Å². The van der Waals surface area contributed by atoms with Crippen LogP contribution in [0, 0.1) is 23.7 Å². The zero-order valence-electron chi connectivity index (χ0n) is 39.5. The molecule has 0 radical (unpaired) electrons. The van der Waals surface area contributed by atoms with E-state index in [1.165, 1.54) is 37.6 Å². The van der Waals surface area contributed by atoms with Gasteiger partial charge < -0.3 is 40.3 Å². The van der Waals surface area contributed by atoms with Crippen molar-refractivity contribution in [1.29, 1.82) is 0 Å². The number of carbonyl (C=O) groups is 4. The molecule has 6 rings (SSSR count). The minimum Gasteiger partial charge on any atom is -0.467 e. The zero-order valence-corrected chi connectivity index (χ0v) is 39.5. The maximum absolute atomic E-state index is 12.4. The summed E-state index contributed by atoms with van der Waals surface area (Å²) in [6.07, 6.45) is 5.22. The zero-order chi connectivity index (χ0) is 50.7. The summed E-state index contributed by atoms with van der Waals surface area (Å²) in [4.78, 5) is 52.7. The van der Waals surface area contributed by atoms with Crippen molar-refractivity contribution in [3.63, 3.8) is 0 Å². The molecule has 3 amide bonds. The van der Waals surface area contributed by atoms with E-state index in [9.17, 15) is 29.4 Å². The van der Waals surface area contributed by atoms with Crippen LogP contribution in [0.5, 0.6) is 0 Å². The van der Waals surface area contributed by atoms with Crippen molar-refractivity contribution in [3.8, 4) is 23.7 Å². The Morgan fingerprint density at radius 3 is 1.32 bits per heavy atom. The van der Waals surface area contributed by atoms with Gasteiger partial charge in [-0.05, 0) is 109 Å². The molecule has 0 spiro atoms. The van der Waals surface area contributed by atoms with Gasteiger partial charge in [0.2, 0.25) is 0 Å². The van der Waals surface area contributed by atoms with Gasteiger partial charge in [0.15, 0.2) is 6.04 Å². The number of benzene rings is 4. The molecule has 2 heterocycles. The van der Waals surface area contributed by atoms with Crippen LogP contribution in [-0.2, 0) is 36.9 Å². The second kappa shape index (κ2) is 33.6. The molecule has 0 unspecified atom stereocenters.